The molecule has 0 heteroatoms. The highest BCUT2D eigenvalue weighted by atomic mass is 14.6. The zero-order chi connectivity index (χ0) is 19.2. The topological polar surface area (TPSA) is 0 Å². The third-order valence-corrected chi connectivity index (χ3v) is 10.4. The minimum Gasteiger partial charge on any atom is -0.0882 e. The average molecular weight is 371 g/mol. The second-order valence-electron chi connectivity index (χ2n) is 12.1. The summed E-state index contributed by atoms with van der Waals surface area (Å²) in [5, 5.41) is 0. The zero-order valence-corrected chi connectivity index (χ0v) is 19.0. The van der Waals surface area contributed by atoms with Gasteiger partial charge < -0.3 is 0 Å². The Balaban J connectivity index is 1.47. The van der Waals surface area contributed by atoms with E-state index in [-0.39, 0.29) is 0 Å². The fraction of sp³-hybridized carbons (Fsp3) is 0.926. The van der Waals surface area contributed by atoms with Crippen molar-refractivity contribution in [3.8, 4) is 0 Å². The van der Waals surface area contributed by atoms with Crippen LogP contribution in [0.2, 0.25) is 0 Å². The van der Waals surface area contributed by atoms with Crippen LogP contribution >= 0.6 is 0 Å². The van der Waals surface area contributed by atoms with E-state index in [1.807, 2.05) is 0 Å². The summed E-state index contributed by atoms with van der Waals surface area (Å²) in [7, 11) is 0. The molecule has 8 atom stereocenters. The lowest BCUT2D eigenvalue weighted by Crippen LogP contribution is -2.52. The SMILES string of the molecule is CC(C)CCC[C@@H](C)C1CC[C@H]2C3CCC4CC=CCC4(C)[C@H]3CCC12C. The van der Waals surface area contributed by atoms with E-state index in [1.54, 1.807) is 12.8 Å². The molecule has 0 aromatic heterocycles. The molecule has 4 rings (SSSR count). The van der Waals surface area contributed by atoms with Crippen molar-refractivity contribution in [1.29, 1.82) is 0 Å². The lowest BCUT2D eigenvalue weighted by molar-refractivity contribution is -0.101. The lowest BCUT2D eigenvalue weighted by atomic mass is 9.45. The predicted octanol–water partition coefficient (Wildman–Crippen LogP) is 8.27. The van der Waals surface area contributed by atoms with Gasteiger partial charge in [-0.25, -0.2) is 0 Å². The van der Waals surface area contributed by atoms with Crippen LogP contribution in [0.4, 0.5) is 0 Å². The normalized spacial score (nSPS) is 47.4. The van der Waals surface area contributed by atoms with Crippen molar-refractivity contribution >= 4 is 0 Å². The summed E-state index contributed by atoms with van der Waals surface area (Å²) in [6, 6.07) is 0. The van der Waals surface area contributed by atoms with Gasteiger partial charge in [0, 0.05) is 0 Å². The molecule has 0 amide bonds. The molecule has 3 saturated carbocycles. The molecular weight excluding hydrogens is 324 g/mol. The third kappa shape index (κ3) is 3.36. The Morgan fingerprint density at radius 1 is 0.852 bits per heavy atom. The molecule has 0 heterocycles. The van der Waals surface area contributed by atoms with Gasteiger partial charge in [-0.15, -0.1) is 0 Å². The maximum Gasteiger partial charge on any atom is -0.0229 e. The minimum absolute atomic E-state index is 0.625. The fourth-order valence-electron chi connectivity index (χ4n) is 8.86. The first-order chi connectivity index (χ1) is 12.9. The van der Waals surface area contributed by atoms with Crippen molar-refractivity contribution in [2.75, 3.05) is 0 Å². The van der Waals surface area contributed by atoms with Crippen molar-refractivity contribution in [2.24, 2.45) is 52.3 Å². The summed E-state index contributed by atoms with van der Waals surface area (Å²) in [6.07, 6.45) is 21.3. The Labute approximate surface area is 170 Å². The van der Waals surface area contributed by atoms with E-state index in [2.05, 4.69) is 46.8 Å². The number of rotatable bonds is 5. The van der Waals surface area contributed by atoms with Crippen molar-refractivity contribution < 1.29 is 0 Å². The van der Waals surface area contributed by atoms with Crippen molar-refractivity contribution in [2.45, 2.75) is 105 Å². The van der Waals surface area contributed by atoms with E-state index in [9.17, 15) is 0 Å². The van der Waals surface area contributed by atoms with Gasteiger partial charge in [0.25, 0.3) is 0 Å². The highest BCUT2D eigenvalue weighted by Crippen LogP contribution is 2.68. The van der Waals surface area contributed by atoms with E-state index >= 15 is 0 Å². The molecule has 0 radical (unpaired) electrons. The molecule has 4 aliphatic carbocycles. The summed E-state index contributed by atoms with van der Waals surface area (Å²) in [4.78, 5) is 0. The molecule has 27 heavy (non-hydrogen) atoms. The molecule has 0 saturated heterocycles. The first kappa shape index (κ1) is 20.0. The van der Waals surface area contributed by atoms with Gasteiger partial charge in [-0.05, 0) is 104 Å². The first-order valence-corrected chi connectivity index (χ1v) is 12.5. The second kappa shape index (κ2) is 7.53. The molecular formula is C27H46. The molecule has 0 N–H and O–H groups in total. The maximum absolute atomic E-state index is 2.74. The van der Waals surface area contributed by atoms with Crippen LogP contribution in [0.1, 0.15) is 105 Å². The summed E-state index contributed by atoms with van der Waals surface area (Å²) in [6.45, 7) is 12.8. The molecule has 0 spiro atoms. The Morgan fingerprint density at radius 2 is 1.63 bits per heavy atom. The fourth-order valence-corrected chi connectivity index (χ4v) is 8.86. The molecule has 0 bridgehead atoms. The maximum atomic E-state index is 2.74. The molecule has 0 nitrogen and oxygen atoms in total. The lowest BCUT2D eigenvalue weighted by Gasteiger charge is -2.60. The highest BCUT2D eigenvalue weighted by molar-refractivity contribution is 5.12. The summed E-state index contributed by atoms with van der Waals surface area (Å²) in [5.41, 5.74) is 1.28. The molecule has 0 aromatic rings. The van der Waals surface area contributed by atoms with Crippen LogP contribution in [0.3, 0.4) is 0 Å². The Hall–Kier alpha value is -0.260. The van der Waals surface area contributed by atoms with Crippen LogP contribution in [-0.2, 0) is 0 Å². The minimum atomic E-state index is 0.625. The standard InChI is InChI=1S/C27H46/c1-19(2)9-8-10-20(3)23-14-15-24-22-13-12-21-11-6-7-17-26(21,4)25(22)16-18-27(23,24)5/h6-7,19-25H,8-18H2,1-5H3/t20-,21?,22?,23?,24+,25+,26?,27?/m1/s1. The van der Waals surface area contributed by atoms with Crippen LogP contribution in [-0.4, -0.2) is 0 Å². The molecule has 154 valence electrons. The number of hydrogen-bond acceptors (Lipinski definition) is 0. The van der Waals surface area contributed by atoms with Crippen LogP contribution in [0, 0.1) is 52.3 Å². The van der Waals surface area contributed by atoms with Crippen molar-refractivity contribution in [3.63, 3.8) is 0 Å². The van der Waals surface area contributed by atoms with E-state index in [0.29, 0.717) is 10.8 Å². The highest BCUT2D eigenvalue weighted by Gasteiger charge is 2.59. The Morgan fingerprint density at radius 3 is 2.41 bits per heavy atom. The van der Waals surface area contributed by atoms with E-state index in [1.165, 1.54) is 57.8 Å². The van der Waals surface area contributed by atoms with Gasteiger partial charge in [-0.2, -0.15) is 0 Å². The van der Waals surface area contributed by atoms with Crippen LogP contribution in [0.15, 0.2) is 12.2 Å². The van der Waals surface area contributed by atoms with E-state index in [4.69, 9.17) is 0 Å². The van der Waals surface area contributed by atoms with Crippen molar-refractivity contribution in [1.82, 2.24) is 0 Å². The van der Waals surface area contributed by atoms with E-state index in [0.717, 1.165) is 41.4 Å². The largest absolute Gasteiger partial charge is 0.0882 e. The monoisotopic (exact) mass is 370 g/mol. The van der Waals surface area contributed by atoms with Crippen LogP contribution in [0.25, 0.3) is 0 Å². The van der Waals surface area contributed by atoms with Crippen LogP contribution in [0.5, 0.6) is 0 Å². The number of fused-ring (bicyclic) bond motifs is 5. The van der Waals surface area contributed by atoms with E-state index < -0.39 is 0 Å². The average Bonchev–Trinajstić information content (AvgIpc) is 2.98. The second-order valence-corrected chi connectivity index (χ2v) is 12.1. The van der Waals surface area contributed by atoms with Gasteiger partial charge in [0.15, 0.2) is 0 Å². The van der Waals surface area contributed by atoms with Crippen LogP contribution < -0.4 is 0 Å². The molecule has 0 aromatic carbocycles. The molecule has 4 aliphatic rings. The Kier molecular flexibility index (Phi) is 5.59. The van der Waals surface area contributed by atoms with Gasteiger partial charge in [-0.3, -0.25) is 0 Å². The van der Waals surface area contributed by atoms with Gasteiger partial charge in [-0.1, -0.05) is 66.0 Å². The van der Waals surface area contributed by atoms with Gasteiger partial charge in [0.1, 0.15) is 0 Å². The number of hydrogen-bond donors (Lipinski definition) is 0. The summed E-state index contributed by atoms with van der Waals surface area (Å²) < 4.78 is 0. The van der Waals surface area contributed by atoms with Crippen molar-refractivity contribution in [3.05, 3.63) is 12.2 Å². The van der Waals surface area contributed by atoms with Gasteiger partial charge >= 0.3 is 0 Å². The quantitative estimate of drug-likeness (QED) is 0.427. The molecule has 3 fully saturated rings. The zero-order valence-electron chi connectivity index (χ0n) is 19.0. The smallest absolute Gasteiger partial charge is 0.0229 e. The van der Waals surface area contributed by atoms with Gasteiger partial charge in [0.05, 0.1) is 0 Å². The summed E-state index contributed by atoms with van der Waals surface area (Å²) in [5.74, 6) is 6.92. The number of allylic oxidation sites excluding steroid dienone is 2. The first-order valence-electron chi connectivity index (χ1n) is 12.5. The Bertz CT molecular complexity index is 544. The summed E-state index contributed by atoms with van der Waals surface area (Å²) >= 11 is 0. The predicted molar refractivity (Wildman–Crippen MR) is 118 cm³/mol. The molecule has 5 unspecified atom stereocenters. The van der Waals surface area contributed by atoms with Gasteiger partial charge in [0.2, 0.25) is 0 Å². The third-order valence-electron chi connectivity index (χ3n) is 10.4. The molecule has 0 aliphatic heterocycles.